The molecular formula is C12H25N3O4. The third-order valence-electron chi connectivity index (χ3n) is 2.42. The third kappa shape index (κ3) is 8.39. The molecule has 19 heavy (non-hydrogen) atoms. The van der Waals surface area contributed by atoms with Gasteiger partial charge in [0, 0.05) is 19.6 Å². The lowest BCUT2D eigenvalue weighted by atomic mass is 10.2. The van der Waals surface area contributed by atoms with Gasteiger partial charge in [-0.05, 0) is 20.0 Å². The zero-order valence-electron chi connectivity index (χ0n) is 12.1. The molecule has 0 aliphatic rings. The minimum Gasteiger partial charge on any atom is -0.479 e. The molecule has 0 spiro atoms. The van der Waals surface area contributed by atoms with Gasteiger partial charge < -0.3 is 25.3 Å². The molecule has 0 radical (unpaired) electrons. The summed E-state index contributed by atoms with van der Waals surface area (Å²) in [4.78, 5) is 26.0. The molecular weight excluding hydrogens is 250 g/mol. The van der Waals surface area contributed by atoms with E-state index in [1.54, 1.807) is 4.90 Å². The number of aliphatic carboxylic acids is 1. The van der Waals surface area contributed by atoms with Crippen molar-refractivity contribution in [3.8, 4) is 0 Å². The van der Waals surface area contributed by atoms with Gasteiger partial charge in [0.15, 0.2) is 6.10 Å². The van der Waals surface area contributed by atoms with E-state index >= 15 is 0 Å². The maximum atomic E-state index is 11.9. The van der Waals surface area contributed by atoms with Gasteiger partial charge in [-0.1, -0.05) is 13.8 Å². The fourth-order valence-corrected chi connectivity index (χ4v) is 1.42. The number of rotatable bonds is 8. The summed E-state index contributed by atoms with van der Waals surface area (Å²) in [5.74, 6) is -1.03. The van der Waals surface area contributed by atoms with Crippen LogP contribution in [0.4, 0.5) is 4.79 Å². The fraction of sp³-hybridized carbons (Fsp3) is 0.833. The number of nitrogens with zero attached hydrogens (tertiary/aromatic N) is 2. The van der Waals surface area contributed by atoms with Crippen molar-refractivity contribution < 1.29 is 19.8 Å². The van der Waals surface area contributed by atoms with E-state index in [4.69, 9.17) is 10.2 Å². The molecule has 1 unspecified atom stereocenters. The van der Waals surface area contributed by atoms with Crippen LogP contribution in [-0.2, 0) is 4.79 Å². The lowest BCUT2D eigenvalue weighted by Crippen LogP contribution is -2.47. The molecule has 0 aromatic carbocycles. The van der Waals surface area contributed by atoms with Gasteiger partial charge in [-0.2, -0.15) is 0 Å². The molecule has 0 aromatic heterocycles. The summed E-state index contributed by atoms with van der Waals surface area (Å²) >= 11 is 0. The van der Waals surface area contributed by atoms with Gasteiger partial charge in [0.2, 0.25) is 0 Å². The number of carboxylic acid groups (broad SMARTS) is 1. The van der Waals surface area contributed by atoms with E-state index in [1.165, 1.54) is 0 Å². The predicted molar refractivity (Wildman–Crippen MR) is 72.0 cm³/mol. The molecule has 1 atom stereocenters. The van der Waals surface area contributed by atoms with Crippen molar-refractivity contribution in [1.82, 2.24) is 15.1 Å². The summed E-state index contributed by atoms with van der Waals surface area (Å²) < 4.78 is 0. The Morgan fingerprint density at radius 1 is 1.21 bits per heavy atom. The first-order valence-electron chi connectivity index (χ1n) is 6.32. The number of carboxylic acids is 1. The Balaban J connectivity index is 4.32. The number of aliphatic hydroxyl groups is 1. The highest BCUT2D eigenvalue weighted by molar-refractivity contribution is 5.76. The second-order valence-electron chi connectivity index (χ2n) is 5.18. The molecule has 0 aromatic rings. The lowest BCUT2D eigenvalue weighted by Gasteiger charge is -2.26. The SMILES string of the molecule is CC(C)CN(CCN(C)C)C(=O)NCC(O)C(=O)O. The smallest absolute Gasteiger partial charge is 0.334 e. The predicted octanol–water partition coefficient (Wildman–Crippen LogP) is -0.339. The molecule has 0 bridgehead atoms. The highest BCUT2D eigenvalue weighted by Gasteiger charge is 2.18. The second kappa shape index (κ2) is 8.71. The molecule has 3 N–H and O–H groups in total. The second-order valence-corrected chi connectivity index (χ2v) is 5.18. The van der Waals surface area contributed by atoms with Gasteiger partial charge in [0.25, 0.3) is 0 Å². The average Bonchev–Trinajstić information content (AvgIpc) is 2.29. The summed E-state index contributed by atoms with van der Waals surface area (Å²) in [6, 6.07) is -0.351. The third-order valence-corrected chi connectivity index (χ3v) is 2.42. The summed E-state index contributed by atoms with van der Waals surface area (Å²) in [5.41, 5.74) is 0. The Bertz CT molecular complexity index is 295. The van der Waals surface area contributed by atoms with Gasteiger partial charge in [-0.3, -0.25) is 0 Å². The Kier molecular flexibility index (Phi) is 8.09. The van der Waals surface area contributed by atoms with Crippen molar-refractivity contribution in [2.24, 2.45) is 5.92 Å². The van der Waals surface area contributed by atoms with Gasteiger partial charge in [0.05, 0.1) is 6.54 Å². The van der Waals surface area contributed by atoms with Crippen LogP contribution in [-0.4, -0.2) is 78.4 Å². The summed E-state index contributed by atoms with van der Waals surface area (Å²) in [6.07, 6.45) is -1.57. The molecule has 7 heteroatoms. The van der Waals surface area contributed by atoms with Crippen LogP contribution in [0.1, 0.15) is 13.8 Å². The van der Waals surface area contributed by atoms with E-state index in [2.05, 4.69) is 5.32 Å². The van der Waals surface area contributed by atoms with Gasteiger partial charge in [-0.25, -0.2) is 9.59 Å². The molecule has 0 saturated carbocycles. The molecule has 0 heterocycles. The molecule has 0 fully saturated rings. The topological polar surface area (TPSA) is 93.1 Å². The van der Waals surface area contributed by atoms with Crippen molar-refractivity contribution in [3.05, 3.63) is 0 Å². The Morgan fingerprint density at radius 2 is 1.79 bits per heavy atom. The first-order valence-corrected chi connectivity index (χ1v) is 6.32. The number of urea groups is 1. The van der Waals surface area contributed by atoms with Crippen molar-refractivity contribution in [2.75, 3.05) is 40.3 Å². The molecule has 0 aliphatic carbocycles. The van der Waals surface area contributed by atoms with Crippen LogP contribution in [0, 0.1) is 5.92 Å². The quantitative estimate of drug-likeness (QED) is 0.563. The van der Waals surface area contributed by atoms with E-state index in [1.807, 2.05) is 32.8 Å². The van der Waals surface area contributed by atoms with E-state index < -0.39 is 12.1 Å². The summed E-state index contributed by atoms with van der Waals surface area (Å²) in [7, 11) is 3.83. The first-order chi connectivity index (χ1) is 8.73. The zero-order valence-corrected chi connectivity index (χ0v) is 12.1. The summed E-state index contributed by atoms with van der Waals surface area (Å²) in [6.45, 7) is 5.58. The molecule has 7 nitrogen and oxygen atoms in total. The van der Waals surface area contributed by atoms with Crippen molar-refractivity contribution >= 4 is 12.0 Å². The number of likely N-dealkylation sites (N-methyl/N-ethyl adjacent to an activating group) is 1. The van der Waals surface area contributed by atoms with Crippen LogP contribution in [0.25, 0.3) is 0 Å². The number of carbonyl (C=O) groups excluding carboxylic acids is 1. The van der Waals surface area contributed by atoms with Crippen LogP contribution in [0.15, 0.2) is 0 Å². The van der Waals surface area contributed by atoms with Crippen LogP contribution in [0.2, 0.25) is 0 Å². The van der Waals surface area contributed by atoms with Crippen LogP contribution in [0.3, 0.4) is 0 Å². The largest absolute Gasteiger partial charge is 0.479 e. The standard InChI is InChI=1S/C12H25N3O4/c1-9(2)8-15(6-5-14(3)4)12(19)13-7-10(16)11(17)18/h9-10,16H,5-8H2,1-4H3,(H,13,19)(H,17,18). The van der Waals surface area contributed by atoms with Gasteiger partial charge in [-0.15, -0.1) is 0 Å². The molecule has 0 rings (SSSR count). The normalized spacial score (nSPS) is 12.6. The minimum atomic E-state index is -1.57. The van der Waals surface area contributed by atoms with Gasteiger partial charge >= 0.3 is 12.0 Å². The summed E-state index contributed by atoms with van der Waals surface area (Å²) in [5, 5.41) is 20.1. The van der Waals surface area contributed by atoms with Crippen LogP contribution in [0.5, 0.6) is 0 Å². The number of carbonyl (C=O) groups is 2. The van der Waals surface area contributed by atoms with E-state index in [9.17, 15) is 9.59 Å². The first kappa shape index (κ1) is 17.7. The Morgan fingerprint density at radius 3 is 2.21 bits per heavy atom. The van der Waals surface area contributed by atoms with Crippen LogP contribution >= 0.6 is 0 Å². The molecule has 0 aliphatic heterocycles. The average molecular weight is 275 g/mol. The highest BCUT2D eigenvalue weighted by Crippen LogP contribution is 1.99. The highest BCUT2D eigenvalue weighted by atomic mass is 16.4. The maximum Gasteiger partial charge on any atom is 0.334 e. The van der Waals surface area contributed by atoms with Crippen LogP contribution < -0.4 is 5.32 Å². The van der Waals surface area contributed by atoms with Crippen molar-refractivity contribution in [2.45, 2.75) is 20.0 Å². The van der Waals surface area contributed by atoms with E-state index in [0.29, 0.717) is 19.0 Å². The Labute approximate surface area is 114 Å². The minimum absolute atomic E-state index is 0.287. The Hall–Kier alpha value is -1.34. The number of amides is 2. The number of hydrogen-bond donors (Lipinski definition) is 3. The number of hydrogen-bond acceptors (Lipinski definition) is 4. The molecule has 2 amide bonds. The molecule has 112 valence electrons. The van der Waals surface area contributed by atoms with E-state index in [-0.39, 0.29) is 12.6 Å². The monoisotopic (exact) mass is 275 g/mol. The van der Waals surface area contributed by atoms with Gasteiger partial charge in [0.1, 0.15) is 0 Å². The zero-order chi connectivity index (χ0) is 15.0. The lowest BCUT2D eigenvalue weighted by molar-refractivity contribution is -0.146. The van der Waals surface area contributed by atoms with Crippen molar-refractivity contribution in [3.63, 3.8) is 0 Å². The fourth-order valence-electron chi connectivity index (χ4n) is 1.42. The van der Waals surface area contributed by atoms with Crippen molar-refractivity contribution in [1.29, 1.82) is 0 Å². The number of aliphatic hydroxyl groups excluding tert-OH is 1. The maximum absolute atomic E-state index is 11.9. The molecule has 0 saturated heterocycles. The van der Waals surface area contributed by atoms with E-state index in [0.717, 1.165) is 6.54 Å². The number of nitrogens with one attached hydrogen (secondary N) is 1.